The Labute approximate surface area is 79.7 Å². The van der Waals surface area contributed by atoms with E-state index in [0.29, 0.717) is 12.1 Å². The molecule has 2 fully saturated rings. The lowest BCUT2D eigenvalue weighted by atomic mass is 10.1. The van der Waals surface area contributed by atoms with Crippen LogP contribution < -0.4 is 0 Å². The highest BCUT2D eigenvalue weighted by Crippen LogP contribution is 2.23. The van der Waals surface area contributed by atoms with Crippen molar-refractivity contribution in [2.45, 2.75) is 38.3 Å². The molecule has 3 nitrogen and oxygen atoms in total. The van der Waals surface area contributed by atoms with Gasteiger partial charge in [-0.3, -0.25) is 9.69 Å². The Hall–Kier alpha value is -0.570. The second-order valence-electron chi connectivity index (χ2n) is 4.12. The lowest BCUT2D eigenvalue weighted by Gasteiger charge is -2.35. The Morgan fingerprint density at radius 2 is 1.92 bits per heavy atom. The number of carbonyl (C=O) groups excluding carboxylic acids is 1. The summed E-state index contributed by atoms with van der Waals surface area (Å²) in [6.45, 7) is 2.37. The number of amides is 1. The van der Waals surface area contributed by atoms with Gasteiger partial charge in [-0.1, -0.05) is 6.42 Å². The molecule has 0 bridgehead atoms. The molecule has 0 N–H and O–H groups in total. The van der Waals surface area contributed by atoms with Crippen molar-refractivity contribution >= 4 is 5.91 Å². The zero-order valence-corrected chi connectivity index (χ0v) is 8.33. The molecule has 0 spiro atoms. The predicted octanol–water partition coefficient (Wildman–Crippen LogP) is 1.05. The number of hydrogen-bond acceptors (Lipinski definition) is 2. The highest BCUT2D eigenvalue weighted by atomic mass is 16.2. The third kappa shape index (κ3) is 1.70. The van der Waals surface area contributed by atoms with Crippen molar-refractivity contribution in [1.82, 2.24) is 9.80 Å². The molecular weight excluding hydrogens is 164 g/mol. The van der Waals surface area contributed by atoms with Crippen molar-refractivity contribution in [1.29, 1.82) is 0 Å². The highest BCUT2D eigenvalue weighted by Gasteiger charge is 2.32. The maximum Gasteiger partial charge on any atom is 0.223 e. The van der Waals surface area contributed by atoms with Crippen LogP contribution in [0.5, 0.6) is 0 Å². The van der Waals surface area contributed by atoms with Crippen LogP contribution in [-0.4, -0.2) is 42.0 Å². The lowest BCUT2D eigenvalue weighted by Crippen LogP contribution is -2.46. The SMILES string of the molecule is CN1C(=O)CCC1N1CCCCC1. The number of hydrogen-bond donors (Lipinski definition) is 0. The molecule has 74 valence electrons. The number of nitrogens with zero attached hydrogens (tertiary/aromatic N) is 2. The molecule has 2 heterocycles. The maximum absolute atomic E-state index is 11.3. The van der Waals surface area contributed by atoms with Crippen molar-refractivity contribution in [3.63, 3.8) is 0 Å². The van der Waals surface area contributed by atoms with Gasteiger partial charge in [-0.2, -0.15) is 0 Å². The number of piperidine rings is 1. The maximum atomic E-state index is 11.3. The Balaban J connectivity index is 1.95. The first-order valence-electron chi connectivity index (χ1n) is 5.29. The van der Waals surface area contributed by atoms with Crippen LogP contribution in [-0.2, 0) is 4.79 Å². The van der Waals surface area contributed by atoms with Crippen molar-refractivity contribution in [3.05, 3.63) is 0 Å². The van der Waals surface area contributed by atoms with Crippen LogP contribution in [0.15, 0.2) is 0 Å². The summed E-state index contributed by atoms with van der Waals surface area (Å²) in [6.07, 6.45) is 6.16. The molecule has 0 aromatic heterocycles. The van der Waals surface area contributed by atoms with Gasteiger partial charge in [-0.05, 0) is 19.3 Å². The molecule has 1 amide bonds. The van der Waals surface area contributed by atoms with Crippen LogP contribution in [0.1, 0.15) is 32.1 Å². The van der Waals surface area contributed by atoms with Gasteiger partial charge in [0.25, 0.3) is 0 Å². The summed E-state index contributed by atoms with van der Waals surface area (Å²) in [7, 11) is 1.94. The third-order valence-corrected chi connectivity index (χ3v) is 3.27. The second kappa shape index (κ2) is 3.66. The number of carbonyl (C=O) groups is 1. The van der Waals surface area contributed by atoms with Gasteiger partial charge in [0.2, 0.25) is 5.91 Å². The van der Waals surface area contributed by atoms with Crippen molar-refractivity contribution in [2.24, 2.45) is 0 Å². The van der Waals surface area contributed by atoms with Crippen LogP contribution in [0.3, 0.4) is 0 Å². The zero-order valence-electron chi connectivity index (χ0n) is 8.33. The van der Waals surface area contributed by atoms with Crippen LogP contribution >= 0.6 is 0 Å². The normalized spacial score (nSPS) is 31.3. The fourth-order valence-electron chi connectivity index (χ4n) is 2.43. The van der Waals surface area contributed by atoms with E-state index in [1.54, 1.807) is 0 Å². The van der Waals surface area contributed by atoms with Gasteiger partial charge in [-0.25, -0.2) is 0 Å². The van der Waals surface area contributed by atoms with E-state index >= 15 is 0 Å². The minimum Gasteiger partial charge on any atom is -0.330 e. The average Bonchev–Trinajstić information content (AvgIpc) is 2.49. The summed E-state index contributed by atoms with van der Waals surface area (Å²) in [5.41, 5.74) is 0. The molecule has 0 radical (unpaired) electrons. The molecule has 2 aliphatic rings. The van der Waals surface area contributed by atoms with E-state index in [2.05, 4.69) is 4.90 Å². The lowest BCUT2D eigenvalue weighted by molar-refractivity contribution is -0.129. The largest absolute Gasteiger partial charge is 0.330 e. The van der Waals surface area contributed by atoms with Gasteiger partial charge in [0.15, 0.2) is 0 Å². The molecular formula is C10H18N2O. The molecule has 1 unspecified atom stereocenters. The number of likely N-dealkylation sites (tertiary alicyclic amines) is 2. The molecule has 0 saturated carbocycles. The minimum absolute atomic E-state index is 0.315. The monoisotopic (exact) mass is 182 g/mol. The number of rotatable bonds is 1. The Kier molecular flexibility index (Phi) is 2.54. The standard InChI is InChI=1S/C10H18N2O/c1-11-9(5-6-10(11)13)12-7-3-2-4-8-12/h9H,2-8H2,1H3. The summed E-state index contributed by atoms with van der Waals surface area (Å²) >= 11 is 0. The Morgan fingerprint density at radius 3 is 2.46 bits per heavy atom. The summed E-state index contributed by atoms with van der Waals surface area (Å²) in [6, 6.07) is 0. The first-order chi connectivity index (χ1) is 6.29. The van der Waals surface area contributed by atoms with Crippen LogP contribution in [0, 0.1) is 0 Å². The first-order valence-corrected chi connectivity index (χ1v) is 5.29. The van der Waals surface area contributed by atoms with E-state index in [1.807, 2.05) is 11.9 Å². The summed E-state index contributed by atoms with van der Waals surface area (Å²) < 4.78 is 0. The van der Waals surface area contributed by atoms with Crippen LogP contribution in [0.2, 0.25) is 0 Å². The fourth-order valence-corrected chi connectivity index (χ4v) is 2.43. The molecule has 2 saturated heterocycles. The topological polar surface area (TPSA) is 23.6 Å². The van der Waals surface area contributed by atoms with Gasteiger partial charge >= 0.3 is 0 Å². The van der Waals surface area contributed by atoms with Gasteiger partial charge < -0.3 is 4.90 Å². The van der Waals surface area contributed by atoms with E-state index in [-0.39, 0.29) is 0 Å². The molecule has 0 aromatic rings. The molecule has 2 rings (SSSR count). The smallest absolute Gasteiger partial charge is 0.223 e. The van der Waals surface area contributed by atoms with Crippen LogP contribution in [0.4, 0.5) is 0 Å². The van der Waals surface area contributed by atoms with Gasteiger partial charge in [0, 0.05) is 26.6 Å². The van der Waals surface area contributed by atoms with Gasteiger partial charge in [-0.15, -0.1) is 0 Å². The van der Waals surface area contributed by atoms with E-state index < -0.39 is 0 Å². The molecule has 0 aromatic carbocycles. The molecule has 1 atom stereocenters. The zero-order chi connectivity index (χ0) is 9.26. The highest BCUT2D eigenvalue weighted by molar-refractivity contribution is 5.78. The van der Waals surface area contributed by atoms with Gasteiger partial charge in [0.1, 0.15) is 0 Å². The van der Waals surface area contributed by atoms with Crippen molar-refractivity contribution < 1.29 is 4.79 Å². The van der Waals surface area contributed by atoms with Gasteiger partial charge in [0.05, 0.1) is 6.17 Å². The third-order valence-electron chi connectivity index (χ3n) is 3.27. The summed E-state index contributed by atoms with van der Waals surface area (Å²) in [4.78, 5) is 15.7. The van der Waals surface area contributed by atoms with E-state index in [0.717, 1.165) is 12.8 Å². The Bertz CT molecular complexity index is 199. The second-order valence-corrected chi connectivity index (χ2v) is 4.12. The Morgan fingerprint density at radius 1 is 1.23 bits per heavy atom. The molecule has 13 heavy (non-hydrogen) atoms. The predicted molar refractivity (Wildman–Crippen MR) is 51.2 cm³/mol. The summed E-state index contributed by atoms with van der Waals surface area (Å²) in [5.74, 6) is 0.315. The quantitative estimate of drug-likeness (QED) is 0.605. The molecule has 2 aliphatic heterocycles. The van der Waals surface area contributed by atoms with E-state index in [1.165, 1.54) is 32.4 Å². The van der Waals surface area contributed by atoms with Crippen molar-refractivity contribution in [2.75, 3.05) is 20.1 Å². The summed E-state index contributed by atoms with van der Waals surface area (Å²) in [5, 5.41) is 0. The first kappa shape index (κ1) is 9.00. The average molecular weight is 182 g/mol. The van der Waals surface area contributed by atoms with Crippen molar-refractivity contribution in [3.8, 4) is 0 Å². The van der Waals surface area contributed by atoms with E-state index in [9.17, 15) is 4.79 Å². The van der Waals surface area contributed by atoms with Crippen LogP contribution in [0.25, 0.3) is 0 Å². The molecule has 0 aliphatic carbocycles. The minimum atomic E-state index is 0.315. The fraction of sp³-hybridized carbons (Fsp3) is 0.900. The van der Waals surface area contributed by atoms with E-state index in [4.69, 9.17) is 0 Å². The molecule has 3 heteroatoms.